The average molecular weight is 240 g/mol. The molecule has 0 saturated heterocycles. The highest BCUT2D eigenvalue weighted by Gasteiger charge is 2.16. The third-order valence-electron chi connectivity index (χ3n) is 3.04. The van der Waals surface area contributed by atoms with E-state index < -0.39 is 0 Å². The molecule has 0 bridgehead atoms. The third kappa shape index (κ3) is 4.89. The second-order valence-corrected chi connectivity index (χ2v) is 5.42. The van der Waals surface area contributed by atoms with Crippen molar-refractivity contribution in [3.05, 3.63) is 0 Å². The number of rotatable bonds is 6. The van der Waals surface area contributed by atoms with Crippen LogP contribution in [0.1, 0.15) is 32.1 Å². The minimum Gasteiger partial charge on any atom is -0.344 e. The molecular weight excluding hydrogens is 220 g/mol. The molecule has 0 spiro atoms. The van der Waals surface area contributed by atoms with Gasteiger partial charge in [-0.05, 0) is 24.5 Å². The largest absolute Gasteiger partial charge is 0.344 e. The fourth-order valence-corrected chi connectivity index (χ4v) is 3.12. The van der Waals surface area contributed by atoms with Gasteiger partial charge in [-0.1, -0.05) is 12.8 Å². The van der Waals surface area contributed by atoms with Crippen LogP contribution in [0.2, 0.25) is 0 Å². The Morgan fingerprint density at radius 2 is 2.19 bits per heavy atom. The lowest BCUT2D eigenvalue weighted by atomic mass is 10.1. The Kier molecular flexibility index (Phi) is 6.32. The molecule has 0 aromatic rings. The predicted octanol–water partition coefficient (Wildman–Crippen LogP) is 2.28. The molecule has 0 aromatic heterocycles. The molecule has 0 N–H and O–H groups in total. The van der Waals surface area contributed by atoms with E-state index in [0.717, 1.165) is 11.7 Å². The van der Waals surface area contributed by atoms with E-state index in [-0.39, 0.29) is 5.91 Å². The standard InChI is InChI=1S/C12H20N2OS/c1-14(8-4-7-13)12(15)10-16-9-11-5-2-3-6-11/h11H,2-6,8-10H2,1H3. The van der Waals surface area contributed by atoms with Gasteiger partial charge in [0.1, 0.15) is 0 Å². The van der Waals surface area contributed by atoms with E-state index in [4.69, 9.17) is 5.26 Å². The molecule has 1 aliphatic carbocycles. The maximum absolute atomic E-state index is 11.6. The Hall–Kier alpha value is -0.690. The van der Waals surface area contributed by atoms with Gasteiger partial charge in [0.25, 0.3) is 0 Å². The zero-order chi connectivity index (χ0) is 11.8. The van der Waals surface area contributed by atoms with Crippen molar-refractivity contribution in [1.29, 1.82) is 5.26 Å². The molecule has 3 nitrogen and oxygen atoms in total. The Labute approximate surface area is 102 Å². The van der Waals surface area contributed by atoms with Crippen LogP contribution in [0.4, 0.5) is 0 Å². The van der Waals surface area contributed by atoms with Crippen molar-refractivity contribution in [1.82, 2.24) is 4.90 Å². The zero-order valence-electron chi connectivity index (χ0n) is 9.95. The van der Waals surface area contributed by atoms with Gasteiger partial charge >= 0.3 is 0 Å². The van der Waals surface area contributed by atoms with Gasteiger partial charge in [-0.15, -0.1) is 0 Å². The second kappa shape index (κ2) is 7.56. The molecule has 1 rings (SSSR count). The van der Waals surface area contributed by atoms with Gasteiger partial charge in [0, 0.05) is 13.6 Å². The number of nitrogens with zero attached hydrogens (tertiary/aromatic N) is 2. The highest BCUT2D eigenvalue weighted by molar-refractivity contribution is 7.99. The monoisotopic (exact) mass is 240 g/mol. The number of carbonyl (C=O) groups excluding carboxylic acids is 1. The van der Waals surface area contributed by atoms with Gasteiger partial charge in [0.05, 0.1) is 18.2 Å². The number of carbonyl (C=O) groups is 1. The maximum atomic E-state index is 11.6. The van der Waals surface area contributed by atoms with E-state index in [1.54, 1.807) is 23.7 Å². The summed E-state index contributed by atoms with van der Waals surface area (Å²) in [5.41, 5.74) is 0. The number of nitriles is 1. The van der Waals surface area contributed by atoms with Crippen molar-refractivity contribution < 1.29 is 4.79 Å². The van der Waals surface area contributed by atoms with Crippen molar-refractivity contribution in [3.63, 3.8) is 0 Å². The first-order chi connectivity index (χ1) is 7.74. The topological polar surface area (TPSA) is 44.1 Å². The molecule has 0 unspecified atom stereocenters. The first-order valence-electron chi connectivity index (χ1n) is 5.92. The van der Waals surface area contributed by atoms with Gasteiger partial charge < -0.3 is 4.90 Å². The summed E-state index contributed by atoms with van der Waals surface area (Å²) in [5, 5.41) is 8.42. The number of hydrogen-bond acceptors (Lipinski definition) is 3. The fourth-order valence-electron chi connectivity index (χ4n) is 1.94. The molecular formula is C12H20N2OS. The van der Waals surface area contributed by atoms with E-state index in [9.17, 15) is 4.79 Å². The van der Waals surface area contributed by atoms with Gasteiger partial charge in [-0.3, -0.25) is 4.79 Å². The summed E-state index contributed by atoms with van der Waals surface area (Å²) in [5.74, 6) is 2.68. The minimum atomic E-state index is 0.151. The summed E-state index contributed by atoms with van der Waals surface area (Å²) in [6.45, 7) is 0.555. The number of thioether (sulfide) groups is 1. The Morgan fingerprint density at radius 3 is 2.81 bits per heavy atom. The average Bonchev–Trinajstić information content (AvgIpc) is 2.78. The lowest BCUT2D eigenvalue weighted by Gasteiger charge is -2.15. The molecule has 0 radical (unpaired) electrons. The Morgan fingerprint density at radius 1 is 1.50 bits per heavy atom. The van der Waals surface area contributed by atoms with Gasteiger partial charge in [0.15, 0.2) is 0 Å². The molecule has 1 aliphatic rings. The predicted molar refractivity (Wildman–Crippen MR) is 67.2 cm³/mol. The molecule has 16 heavy (non-hydrogen) atoms. The lowest BCUT2D eigenvalue weighted by molar-refractivity contribution is -0.127. The zero-order valence-corrected chi connectivity index (χ0v) is 10.8. The summed E-state index contributed by atoms with van der Waals surface area (Å²) in [6.07, 6.45) is 5.83. The van der Waals surface area contributed by atoms with Gasteiger partial charge in [0.2, 0.25) is 5.91 Å². The van der Waals surface area contributed by atoms with Crippen molar-refractivity contribution in [2.45, 2.75) is 32.1 Å². The maximum Gasteiger partial charge on any atom is 0.232 e. The van der Waals surface area contributed by atoms with E-state index in [1.165, 1.54) is 25.7 Å². The van der Waals surface area contributed by atoms with Gasteiger partial charge in [-0.2, -0.15) is 17.0 Å². The summed E-state index contributed by atoms with van der Waals surface area (Å²) >= 11 is 1.75. The number of hydrogen-bond donors (Lipinski definition) is 0. The van der Waals surface area contributed by atoms with E-state index in [2.05, 4.69) is 6.07 Å². The molecule has 0 heterocycles. The van der Waals surface area contributed by atoms with Crippen LogP contribution < -0.4 is 0 Å². The van der Waals surface area contributed by atoms with Crippen LogP contribution in [0.3, 0.4) is 0 Å². The minimum absolute atomic E-state index is 0.151. The fraction of sp³-hybridized carbons (Fsp3) is 0.833. The molecule has 1 fully saturated rings. The highest BCUT2D eigenvalue weighted by Crippen LogP contribution is 2.27. The second-order valence-electron chi connectivity index (χ2n) is 4.39. The van der Waals surface area contributed by atoms with Crippen LogP contribution in [0.15, 0.2) is 0 Å². The molecule has 4 heteroatoms. The van der Waals surface area contributed by atoms with Gasteiger partial charge in [-0.25, -0.2) is 0 Å². The smallest absolute Gasteiger partial charge is 0.232 e. The molecule has 0 aliphatic heterocycles. The first-order valence-corrected chi connectivity index (χ1v) is 7.08. The van der Waals surface area contributed by atoms with Crippen molar-refractivity contribution in [2.24, 2.45) is 5.92 Å². The third-order valence-corrected chi connectivity index (χ3v) is 4.20. The van der Waals surface area contributed by atoms with E-state index in [1.807, 2.05) is 0 Å². The Balaban J connectivity index is 2.07. The van der Waals surface area contributed by atoms with Crippen LogP contribution in [0.25, 0.3) is 0 Å². The van der Waals surface area contributed by atoms with Crippen LogP contribution in [0, 0.1) is 17.2 Å². The molecule has 90 valence electrons. The van der Waals surface area contributed by atoms with Crippen molar-refractivity contribution in [3.8, 4) is 6.07 Å². The highest BCUT2D eigenvalue weighted by atomic mass is 32.2. The molecule has 1 amide bonds. The van der Waals surface area contributed by atoms with Crippen LogP contribution in [-0.2, 0) is 4.79 Å². The number of amides is 1. The van der Waals surface area contributed by atoms with Crippen molar-refractivity contribution in [2.75, 3.05) is 25.1 Å². The molecule has 1 saturated carbocycles. The van der Waals surface area contributed by atoms with Crippen LogP contribution in [-0.4, -0.2) is 35.9 Å². The normalized spacial score (nSPS) is 16.0. The first kappa shape index (κ1) is 13.4. The summed E-state index contributed by atoms with van der Waals surface area (Å²) in [4.78, 5) is 13.3. The van der Waals surface area contributed by atoms with E-state index in [0.29, 0.717) is 18.7 Å². The quantitative estimate of drug-likeness (QED) is 0.715. The summed E-state index contributed by atoms with van der Waals surface area (Å²) in [6, 6.07) is 2.05. The Bertz CT molecular complexity index is 256. The molecule has 0 atom stereocenters. The van der Waals surface area contributed by atoms with Crippen LogP contribution in [0.5, 0.6) is 0 Å². The SMILES string of the molecule is CN(CCC#N)C(=O)CSCC1CCCC1. The lowest BCUT2D eigenvalue weighted by Crippen LogP contribution is -2.29. The van der Waals surface area contributed by atoms with Crippen LogP contribution >= 0.6 is 11.8 Å². The molecule has 0 aromatic carbocycles. The van der Waals surface area contributed by atoms with E-state index >= 15 is 0 Å². The van der Waals surface area contributed by atoms with Crippen molar-refractivity contribution >= 4 is 17.7 Å². The summed E-state index contributed by atoms with van der Waals surface area (Å²) < 4.78 is 0. The summed E-state index contributed by atoms with van der Waals surface area (Å²) in [7, 11) is 1.77.